The van der Waals surface area contributed by atoms with Gasteiger partial charge in [-0.25, -0.2) is 0 Å². The molecule has 0 heterocycles. The normalized spacial score (nSPS) is 24.8. The summed E-state index contributed by atoms with van der Waals surface area (Å²) in [6.45, 7) is 4.80. The summed E-state index contributed by atoms with van der Waals surface area (Å²) in [5.41, 5.74) is 1.87. The Balaban J connectivity index is 1.97. The van der Waals surface area contributed by atoms with Gasteiger partial charge >= 0.3 is 0 Å². The zero-order valence-electron chi connectivity index (χ0n) is 10.4. The Bertz CT molecular complexity index is 346. The van der Waals surface area contributed by atoms with Crippen LogP contribution in [0.5, 0.6) is 0 Å². The van der Waals surface area contributed by atoms with Crippen LogP contribution < -0.4 is 0 Å². The summed E-state index contributed by atoms with van der Waals surface area (Å²) in [7, 11) is 0. The van der Waals surface area contributed by atoms with E-state index in [0.717, 1.165) is 5.92 Å². The molecule has 0 radical (unpaired) electrons. The highest BCUT2D eigenvalue weighted by molar-refractivity contribution is 5.48. The fourth-order valence-electron chi connectivity index (χ4n) is 2.73. The first-order chi connectivity index (χ1) is 7.66. The zero-order valence-corrected chi connectivity index (χ0v) is 10.4. The van der Waals surface area contributed by atoms with Gasteiger partial charge in [-0.15, -0.1) is 0 Å². The molecule has 1 aliphatic carbocycles. The van der Waals surface area contributed by atoms with Crippen LogP contribution in [0.25, 0.3) is 6.08 Å². The van der Waals surface area contributed by atoms with Gasteiger partial charge in [-0.3, -0.25) is 0 Å². The predicted molar refractivity (Wildman–Crippen MR) is 71.2 cm³/mol. The van der Waals surface area contributed by atoms with Gasteiger partial charge in [-0.1, -0.05) is 62.8 Å². The third-order valence-corrected chi connectivity index (χ3v) is 3.60. The van der Waals surface area contributed by atoms with Crippen LogP contribution in [0.15, 0.2) is 36.4 Å². The molecule has 0 saturated heterocycles. The Hall–Kier alpha value is -1.04. The SMILES string of the molecule is CC1(C)CCCC(C=Cc2ccccc2)C1. The van der Waals surface area contributed by atoms with Gasteiger partial charge in [0.05, 0.1) is 0 Å². The van der Waals surface area contributed by atoms with E-state index in [9.17, 15) is 0 Å². The van der Waals surface area contributed by atoms with Crippen molar-refractivity contribution >= 4 is 6.08 Å². The van der Waals surface area contributed by atoms with Crippen molar-refractivity contribution < 1.29 is 0 Å². The van der Waals surface area contributed by atoms with E-state index in [2.05, 4.69) is 56.3 Å². The van der Waals surface area contributed by atoms with Gasteiger partial charge in [0.25, 0.3) is 0 Å². The van der Waals surface area contributed by atoms with Gasteiger partial charge in [-0.2, -0.15) is 0 Å². The highest BCUT2D eigenvalue weighted by Gasteiger charge is 2.26. The number of hydrogen-bond acceptors (Lipinski definition) is 0. The largest absolute Gasteiger partial charge is 0.0808 e. The van der Waals surface area contributed by atoms with Crippen molar-refractivity contribution in [3.05, 3.63) is 42.0 Å². The minimum atomic E-state index is 0.546. The summed E-state index contributed by atoms with van der Waals surface area (Å²) in [6, 6.07) is 10.6. The average molecular weight is 214 g/mol. The maximum atomic E-state index is 2.41. The van der Waals surface area contributed by atoms with Crippen molar-refractivity contribution in [2.24, 2.45) is 11.3 Å². The minimum Gasteiger partial charge on any atom is -0.0808 e. The van der Waals surface area contributed by atoms with E-state index in [1.807, 2.05) is 0 Å². The van der Waals surface area contributed by atoms with Crippen LogP contribution in [0.3, 0.4) is 0 Å². The molecule has 1 aromatic rings. The molecule has 1 saturated carbocycles. The lowest BCUT2D eigenvalue weighted by Crippen LogP contribution is -2.21. The molecule has 0 N–H and O–H groups in total. The van der Waals surface area contributed by atoms with Crippen LogP contribution in [-0.4, -0.2) is 0 Å². The Labute approximate surface area is 99.4 Å². The van der Waals surface area contributed by atoms with Gasteiger partial charge in [0.15, 0.2) is 0 Å². The van der Waals surface area contributed by atoms with E-state index in [-0.39, 0.29) is 0 Å². The quantitative estimate of drug-likeness (QED) is 0.655. The van der Waals surface area contributed by atoms with Gasteiger partial charge in [0.1, 0.15) is 0 Å². The molecule has 1 aromatic carbocycles. The molecule has 0 heteroatoms. The highest BCUT2D eigenvalue weighted by atomic mass is 14.3. The molecule has 0 nitrogen and oxygen atoms in total. The predicted octanol–water partition coefficient (Wildman–Crippen LogP) is 4.92. The standard InChI is InChI=1S/C16H22/c1-16(2)12-6-9-15(13-16)11-10-14-7-4-3-5-8-14/h3-5,7-8,10-11,15H,6,9,12-13H2,1-2H3. The van der Waals surface area contributed by atoms with Crippen LogP contribution in [0, 0.1) is 11.3 Å². The summed E-state index contributed by atoms with van der Waals surface area (Å²) in [5.74, 6) is 0.781. The van der Waals surface area contributed by atoms with Crippen LogP contribution in [-0.2, 0) is 0 Å². The van der Waals surface area contributed by atoms with Crippen molar-refractivity contribution in [1.29, 1.82) is 0 Å². The maximum absolute atomic E-state index is 2.41. The topological polar surface area (TPSA) is 0 Å². The molecule has 0 bridgehead atoms. The van der Waals surface area contributed by atoms with E-state index >= 15 is 0 Å². The third kappa shape index (κ3) is 3.23. The Kier molecular flexibility index (Phi) is 3.48. The molecular formula is C16H22. The maximum Gasteiger partial charge on any atom is -0.0225 e. The second-order valence-electron chi connectivity index (χ2n) is 5.79. The second kappa shape index (κ2) is 4.86. The van der Waals surface area contributed by atoms with Gasteiger partial charge in [0, 0.05) is 0 Å². The van der Waals surface area contributed by atoms with Gasteiger partial charge in [0.2, 0.25) is 0 Å². The van der Waals surface area contributed by atoms with Crippen LogP contribution in [0.1, 0.15) is 45.1 Å². The molecule has 1 unspecified atom stereocenters. The molecule has 1 atom stereocenters. The van der Waals surface area contributed by atoms with Gasteiger partial charge in [-0.05, 0) is 36.2 Å². The fourth-order valence-corrected chi connectivity index (χ4v) is 2.73. The molecule has 2 rings (SSSR count). The van der Waals surface area contributed by atoms with E-state index in [1.54, 1.807) is 0 Å². The molecule has 1 aliphatic rings. The summed E-state index contributed by atoms with van der Waals surface area (Å²) in [5, 5.41) is 0. The lowest BCUT2D eigenvalue weighted by molar-refractivity contribution is 0.207. The number of rotatable bonds is 2. The van der Waals surface area contributed by atoms with E-state index in [0.29, 0.717) is 5.41 Å². The zero-order chi connectivity index (χ0) is 11.4. The summed E-state index contributed by atoms with van der Waals surface area (Å²) in [6.07, 6.45) is 10.2. The molecule has 0 aliphatic heterocycles. The van der Waals surface area contributed by atoms with Crippen LogP contribution in [0.2, 0.25) is 0 Å². The monoisotopic (exact) mass is 214 g/mol. The van der Waals surface area contributed by atoms with Crippen molar-refractivity contribution in [3.8, 4) is 0 Å². The average Bonchev–Trinajstić information content (AvgIpc) is 2.27. The molecule has 0 aromatic heterocycles. The molecule has 16 heavy (non-hydrogen) atoms. The van der Waals surface area contributed by atoms with E-state index < -0.39 is 0 Å². The van der Waals surface area contributed by atoms with Crippen molar-refractivity contribution in [1.82, 2.24) is 0 Å². The number of hydrogen-bond donors (Lipinski definition) is 0. The fraction of sp³-hybridized carbons (Fsp3) is 0.500. The Morgan fingerprint density at radius 1 is 1.19 bits per heavy atom. The van der Waals surface area contributed by atoms with Crippen molar-refractivity contribution in [2.45, 2.75) is 39.5 Å². The second-order valence-corrected chi connectivity index (χ2v) is 5.79. The third-order valence-electron chi connectivity index (χ3n) is 3.60. The van der Waals surface area contributed by atoms with Crippen molar-refractivity contribution in [2.75, 3.05) is 0 Å². The summed E-state index contributed by atoms with van der Waals surface area (Å²) in [4.78, 5) is 0. The Morgan fingerprint density at radius 3 is 2.62 bits per heavy atom. The number of allylic oxidation sites excluding steroid dienone is 1. The number of benzene rings is 1. The lowest BCUT2D eigenvalue weighted by atomic mass is 9.72. The molecule has 0 spiro atoms. The molecule has 0 amide bonds. The first kappa shape index (κ1) is 11.4. The van der Waals surface area contributed by atoms with Crippen molar-refractivity contribution in [3.63, 3.8) is 0 Å². The van der Waals surface area contributed by atoms with Gasteiger partial charge < -0.3 is 0 Å². The smallest absolute Gasteiger partial charge is 0.0225 e. The first-order valence-electron chi connectivity index (χ1n) is 6.39. The Morgan fingerprint density at radius 2 is 1.94 bits per heavy atom. The molecule has 1 fully saturated rings. The lowest BCUT2D eigenvalue weighted by Gasteiger charge is -2.33. The van der Waals surface area contributed by atoms with E-state index in [1.165, 1.54) is 31.2 Å². The molecule has 86 valence electrons. The van der Waals surface area contributed by atoms with Crippen LogP contribution >= 0.6 is 0 Å². The van der Waals surface area contributed by atoms with Crippen LogP contribution in [0.4, 0.5) is 0 Å². The first-order valence-corrected chi connectivity index (χ1v) is 6.39. The summed E-state index contributed by atoms with van der Waals surface area (Å²) >= 11 is 0. The highest BCUT2D eigenvalue weighted by Crippen LogP contribution is 2.39. The minimum absolute atomic E-state index is 0.546. The summed E-state index contributed by atoms with van der Waals surface area (Å²) < 4.78 is 0. The molecular weight excluding hydrogens is 192 g/mol. The van der Waals surface area contributed by atoms with E-state index in [4.69, 9.17) is 0 Å².